The maximum Gasteiger partial charge on any atom is 0.219 e. The van der Waals surface area contributed by atoms with Crippen LogP contribution in [0.25, 0.3) is 0 Å². The van der Waals surface area contributed by atoms with E-state index in [1.807, 2.05) is 29.5 Å². The van der Waals surface area contributed by atoms with Gasteiger partial charge in [0.05, 0.1) is 6.54 Å². The van der Waals surface area contributed by atoms with Gasteiger partial charge in [-0.15, -0.1) is 0 Å². The molecule has 1 amide bonds. The molecular formula is C20H29N5O. The Hall–Kier alpha value is -2.21. The molecule has 0 aliphatic carbocycles. The van der Waals surface area contributed by atoms with E-state index >= 15 is 0 Å². The fourth-order valence-corrected chi connectivity index (χ4v) is 3.84. The van der Waals surface area contributed by atoms with Crippen LogP contribution in [-0.4, -0.2) is 51.2 Å². The van der Waals surface area contributed by atoms with Crippen molar-refractivity contribution in [1.82, 2.24) is 25.0 Å². The highest BCUT2D eigenvalue weighted by Gasteiger charge is 2.30. The van der Waals surface area contributed by atoms with Crippen LogP contribution in [0.5, 0.6) is 0 Å². The third-order valence-electron chi connectivity index (χ3n) is 5.21. The predicted molar refractivity (Wildman–Crippen MR) is 102 cm³/mol. The number of benzene rings is 1. The number of carbonyl (C=O) groups is 1. The van der Waals surface area contributed by atoms with Crippen LogP contribution in [0.3, 0.4) is 0 Å². The van der Waals surface area contributed by atoms with Gasteiger partial charge in [-0.2, -0.15) is 5.10 Å². The second-order valence-electron chi connectivity index (χ2n) is 7.19. The van der Waals surface area contributed by atoms with Crippen molar-refractivity contribution < 1.29 is 4.79 Å². The molecular weight excluding hydrogens is 326 g/mol. The Morgan fingerprint density at radius 2 is 2.04 bits per heavy atom. The van der Waals surface area contributed by atoms with E-state index in [1.54, 1.807) is 6.92 Å². The topological polar surface area (TPSA) is 63.1 Å². The monoisotopic (exact) mass is 355 g/mol. The minimum atomic E-state index is 0.176. The maximum absolute atomic E-state index is 11.8. The third kappa shape index (κ3) is 4.69. The van der Waals surface area contributed by atoms with Crippen molar-refractivity contribution in [2.75, 3.05) is 19.6 Å². The summed E-state index contributed by atoms with van der Waals surface area (Å²) in [4.78, 5) is 18.2. The summed E-state index contributed by atoms with van der Waals surface area (Å²) in [5.74, 6) is 2.37. The lowest BCUT2D eigenvalue weighted by Gasteiger charge is -2.39. The molecule has 2 atom stereocenters. The van der Waals surface area contributed by atoms with Gasteiger partial charge >= 0.3 is 0 Å². The van der Waals surface area contributed by atoms with Gasteiger partial charge in [0.25, 0.3) is 0 Å². The zero-order valence-electron chi connectivity index (χ0n) is 16.0. The van der Waals surface area contributed by atoms with Gasteiger partial charge in [-0.1, -0.05) is 30.3 Å². The summed E-state index contributed by atoms with van der Waals surface area (Å²) in [6, 6.07) is 11.0. The van der Waals surface area contributed by atoms with Crippen molar-refractivity contribution in [3.8, 4) is 0 Å². The van der Waals surface area contributed by atoms with E-state index in [2.05, 4.69) is 39.7 Å². The molecule has 6 nitrogen and oxygen atoms in total. The average Bonchev–Trinajstić information content (AvgIpc) is 2.94. The van der Waals surface area contributed by atoms with Crippen molar-refractivity contribution in [2.24, 2.45) is 5.92 Å². The first-order chi connectivity index (χ1) is 12.5. The number of likely N-dealkylation sites (tertiary alicyclic amines) is 1. The number of nitrogens with zero attached hydrogens (tertiary/aromatic N) is 4. The summed E-state index contributed by atoms with van der Waals surface area (Å²) in [6.45, 7) is 8.91. The minimum absolute atomic E-state index is 0.176. The molecule has 2 aromatic rings. The zero-order chi connectivity index (χ0) is 18.5. The molecule has 0 unspecified atom stereocenters. The highest BCUT2D eigenvalue weighted by atomic mass is 16.2. The van der Waals surface area contributed by atoms with Crippen LogP contribution in [0, 0.1) is 19.8 Å². The standard InChI is InChI=1S/C20H29N5O/c1-15-22-16(2)25(23-15)12-10-21-20-9-11-24(17(3)26)14-19(20)13-18-7-5-4-6-8-18/h4-8,19-21H,9-14H2,1-3H3/t19-,20+/m1/s1. The molecule has 1 aromatic heterocycles. The number of carbonyl (C=O) groups excluding carboxylic acids is 1. The molecule has 2 heterocycles. The van der Waals surface area contributed by atoms with Crippen molar-refractivity contribution >= 4 is 5.91 Å². The van der Waals surface area contributed by atoms with Crippen molar-refractivity contribution in [3.05, 3.63) is 47.5 Å². The predicted octanol–water partition coefficient (Wildman–Crippen LogP) is 1.96. The zero-order valence-corrected chi connectivity index (χ0v) is 16.0. The van der Waals surface area contributed by atoms with Crippen LogP contribution in [0.1, 0.15) is 30.6 Å². The summed E-state index contributed by atoms with van der Waals surface area (Å²) in [7, 11) is 0. The van der Waals surface area contributed by atoms with Gasteiger partial charge in [0.15, 0.2) is 0 Å². The van der Waals surface area contributed by atoms with Crippen molar-refractivity contribution in [3.63, 3.8) is 0 Å². The number of aromatic nitrogens is 3. The van der Waals surface area contributed by atoms with Crippen LogP contribution < -0.4 is 5.32 Å². The number of rotatable bonds is 6. The Kier molecular flexibility index (Phi) is 6.04. The normalized spacial score (nSPS) is 20.3. The molecule has 1 aromatic carbocycles. The number of piperidine rings is 1. The van der Waals surface area contributed by atoms with Crippen LogP contribution in [0.15, 0.2) is 30.3 Å². The summed E-state index contributed by atoms with van der Waals surface area (Å²) < 4.78 is 1.96. The molecule has 0 saturated carbocycles. The number of amides is 1. The lowest BCUT2D eigenvalue weighted by Crippen LogP contribution is -2.51. The van der Waals surface area contributed by atoms with Crippen LogP contribution >= 0.6 is 0 Å². The summed E-state index contributed by atoms with van der Waals surface area (Å²) in [5, 5.41) is 8.14. The van der Waals surface area contributed by atoms with Gasteiger partial charge < -0.3 is 10.2 Å². The molecule has 1 aliphatic heterocycles. The first-order valence-corrected chi connectivity index (χ1v) is 9.44. The van der Waals surface area contributed by atoms with E-state index in [-0.39, 0.29) is 5.91 Å². The second kappa shape index (κ2) is 8.45. The highest BCUT2D eigenvalue weighted by molar-refractivity contribution is 5.73. The summed E-state index contributed by atoms with van der Waals surface area (Å²) in [5.41, 5.74) is 1.33. The molecule has 1 saturated heterocycles. The molecule has 26 heavy (non-hydrogen) atoms. The van der Waals surface area contributed by atoms with E-state index in [0.717, 1.165) is 50.7 Å². The fraction of sp³-hybridized carbons (Fsp3) is 0.550. The number of hydrogen-bond acceptors (Lipinski definition) is 4. The molecule has 3 rings (SSSR count). The fourth-order valence-electron chi connectivity index (χ4n) is 3.84. The average molecular weight is 355 g/mol. The number of nitrogens with one attached hydrogen (secondary N) is 1. The Morgan fingerprint density at radius 3 is 2.69 bits per heavy atom. The van der Waals surface area contributed by atoms with Crippen LogP contribution in [0.2, 0.25) is 0 Å². The Labute approximate surface area is 155 Å². The smallest absolute Gasteiger partial charge is 0.219 e. The molecule has 1 aliphatic rings. The molecule has 0 spiro atoms. The van der Waals surface area contributed by atoms with E-state index in [1.165, 1.54) is 5.56 Å². The summed E-state index contributed by atoms with van der Waals surface area (Å²) >= 11 is 0. The molecule has 6 heteroatoms. The Balaban J connectivity index is 1.61. The van der Waals surface area contributed by atoms with Gasteiger partial charge in [0, 0.05) is 32.6 Å². The molecule has 1 fully saturated rings. The molecule has 140 valence electrons. The van der Waals surface area contributed by atoms with Crippen molar-refractivity contribution in [2.45, 2.75) is 46.2 Å². The second-order valence-corrected chi connectivity index (χ2v) is 7.19. The van der Waals surface area contributed by atoms with E-state index in [0.29, 0.717) is 12.0 Å². The highest BCUT2D eigenvalue weighted by Crippen LogP contribution is 2.22. The lowest BCUT2D eigenvalue weighted by molar-refractivity contribution is -0.131. The molecule has 1 N–H and O–H groups in total. The summed E-state index contributed by atoms with van der Waals surface area (Å²) in [6.07, 6.45) is 1.98. The van der Waals surface area contributed by atoms with Crippen LogP contribution in [-0.2, 0) is 17.8 Å². The van der Waals surface area contributed by atoms with Gasteiger partial charge in [0.1, 0.15) is 11.6 Å². The molecule has 0 radical (unpaired) electrons. The van der Waals surface area contributed by atoms with Gasteiger partial charge in [0.2, 0.25) is 5.91 Å². The van der Waals surface area contributed by atoms with E-state index in [4.69, 9.17) is 0 Å². The minimum Gasteiger partial charge on any atom is -0.343 e. The molecule has 0 bridgehead atoms. The first kappa shape index (κ1) is 18.6. The quantitative estimate of drug-likeness (QED) is 0.860. The van der Waals surface area contributed by atoms with Crippen LogP contribution in [0.4, 0.5) is 0 Å². The maximum atomic E-state index is 11.8. The van der Waals surface area contributed by atoms with E-state index in [9.17, 15) is 4.79 Å². The van der Waals surface area contributed by atoms with Gasteiger partial charge in [-0.05, 0) is 38.2 Å². The lowest BCUT2D eigenvalue weighted by atomic mass is 9.86. The Bertz CT molecular complexity index is 727. The van der Waals surface area contributed by atoms with Gasteiger partial charge in [-0.3, -0.25) is 4.79 Å². The number of aryl methyl sites for hydroxylation is 2. The number of hydrogen-bond donors (Lipinski definition) is 1. The SMILES string of the molecule is CC(=O)N1CC[C@H](NCCn2nc(C)nc2C)[C@H](Cc2ccccc2)C1. The van der Waals surface area contributed by atoms with Gasteiger partial charge in [-0.25, -0.2) is 9.67 Å². The third-order valence-corrected chi connectivity index (χ3v) is 5.21. The van der Waals surface area contributed by atoms with Crippen molar-refractivity contribution in [1.29, 1.82) is 0 Å². The Morgan fingerprint density at radius 1 is 1.27 bits per heavy atom. The first-order valence-electron chi connectivity index (χ1n) is 9.44. The largest absolute Gasteiger partial charge is 0.343 e. The van der Waals surface area contributed by atoms with E-state index < -0.39 is 0 Å².